The van der Waals surface area contributed by atoms with Crippen LogP contribution in [-0.4, -0.2) is 0 Å². The van der Waals surface area contributed by atoms with Crippen LogP contribution in [0.5, 0.6) is 0 Å². The smallest absolute Gasteiger partial charge is 0.0617 e. The summed E-state index contributed by atoms with van der Waals surface area (Å²) in [6.45, 7) is 1.88. The lowest BCUT2D eigenvalue weighted by Crippen LogP contribution is -1.88. The summed E-state index contributed by atoms with van der Waals surface area (Å²) in [6.07, 6.45) is 0. The molecule has 0 N–H and O–H groups in total. The highest BCUT2D eigenvalue weighted by Gasteiger charge is 2.15. The molecule has 0 saturated carbocycles. The number of hydrogen-bond donors (Lipinski definition) is 0. The highest BCUT2D eigenvalue weighted by molar-refractivity contribution is 7.65. The van der Waals surface area contributed by atoms with Gasteiger partial charge in [-0.3, -0.25) is 0 Å². The molecule has 51 valence electrons. The first-order chi connectivity index (χ1) is 4.84. The number of benzene rings is 1. The lowest BCUT2D eigenvalue weighted by molar-refractivity contribution is 0.600. The second-order valence-corrected chi connectivity index (χ2v) is 2.96. The molecule has 0 spiro atoms. The second-order valence-electron chi connectivity index (χ2n) is 2.06. The van der Waals surface area contributed by atoms with E-state index in [1.807, 2.05) is 31.2 Å². The molecule has 0 bridgehead atoms. The van der Waals surface area contributed by atoms with Gasteiger partial charge in [0, 0.05) is 16.7 Å². The third-order valence-corrected chi connectivity index (χ3v) is 1.86. The van der Waals surface area contributed by atoms with Gasteiger partial charge in [0.15, 0.2) is 0 Å². The Labute approximate surface area is 64.6 Å². The summed E-state index contributed by atoms with van der Waals surface area (Å²) in [7, 11) is 0. The molecule has 1 radical (unpaired) electrons. The van der Waals surface area contributed by atoms with Crippen molar-refractivity contribution in [2.45, 2.75) is 12.2 Å². The van der Waals surface area contributed by atoms with Crippen LogP contribution in [0.4, 0.5) is 0 Å². The highest BCUT2D eigenvalue weighted by atomic mass is 32.1. The maximum absolute atomic E-state index is 10.3. The normalized spacial score (nSPS) is 12.5. The lowest BCUT2D eigenvalue weighted by atomic mass is 10.2. The molecular weight excluding hydrogens is 144 g/mol. The zero-order valence-corrected chi connectivity index (χ0v) is 6.52. The summed E-state index contributed by atoms with van der Waals surface area (Å²) < 4.78 is 10.3. The predicted molar refractivity (Wildman–Crippen MR) is 41.7 cm³/mol. The van der Waals surface area contributed by atoms with Crippen molar-refractivity contribution in [3.05, 3.63) is 35.9 Å². The third-order valence-electron chi connectivity index (χ3n) is 1.32. The van der Waals surface area contributed by atoms with Crippen LogP contribution in [-0.2, 0) is 15.9 Å². The molecular formula is C8H8OS+. The van der Waals surface area contributed by atoms with Crippen LogP contribution in [0.15, 0.2) is 24.3 Å². The van der Waals surface area contributed by atoms with Crippen molar-refractivity contribution in [1.29, 1.82) is 0 Å². The Kier molecular flexibility index (Phi) is 2.51. The Balaban J connectivity index is 2.84. The van der Waals surface area contributed by atoms with Gasteiger partial charge >= 0.3 is 11.7 Å². The molecule has 0 aromatic heterocycles. The van der Waals surface area contributed by atoms with Gasteiger partial charge in [-0.15, -0.1) is 0 Å². The van der Waals surface area contributed by atoms with Crippen molar-refractivity contribution >= 4 is 11.7 Å². The lowest BCUT2D eigenvalue weighted by Gasteiger charge is -1.89. The fourth-order valence-corrected chi connectivity index (χ4v) is 0.962. The van der Waals surface area contributed by atoms with Crippen LogP contribution in [0, 0.1) is 6.07 Å². The van der Waals surface area contributed by atoms with Gasteiger partial charge in [-0.1, -0.05) is 24.3 Å². The maximum atomic E-state index is 10.3. The molecule has 1 unspecified atom stereocenters. The van der Waals surface area contributed by atoms with Crippen LogP contribution in [0.1, 0.15) is 17.7 Å². The topological polar surface area (TPSA) is 17.1 Å². The van der Waals surface area contributed by atoms with E-state index in [1.165, 1.54) is 0 Å². The largest absolute Gasteiger partial charge is 0.466 e. The predicted octanol–water partition coefficient (Wildman–Crippen LogP) is 1.98. The van der Waals surface area contributed by atoms with Gasteiger partial charge in [0.05, 0.1) is 0 Å². The molecule has 1 atom stereocenters. The molecule has 1 aromatic rings. The summed E-state index contributed by atoms with van der Waals surface area (Å²) in [6, 6.07) is 10.5. The Morgan fingerprint density at radius 3 is 2.90 bits per heavy atom. The van der Waals surface area contributed by atoms with Gasteiger partial charge in [-0.2, -0.15) is 0 Å². The van der Waals surface area contributed by atoms with Gasteiger partial charge in [0.1, 0.15) is 0 Å². The molecule has 0 aliphatic carbocycles. The molecule has 0 amide bonds. The standard InChI is InChI=1S/C8H8OS/c1-7(10-9)8-5-3-2-4-6-8/h2-5,7H,1H3/q+1. The van der Waals surface area contributed by atoms with Crippen LogP contribution >= 0.6 is 0 Å². The fraction of sp³-hybridized carbons (Fsp3) is 0.250. The van der Waals surface area contributed by atoms with Crippen molar-refractivity contribution < 1.29 is 4.21 Å². The Morgan fingerprint density at radius 2 is 2.40 bits per heavy atom. The molecule has 0 aliphatic heterocycles. The van der Waals surface area contributed by atoms with E-state index in [4.69, 9.17) is 0 Å². The average Bonchev–Trinajstić information content (AvgIpc) is 2.05. The van der Waals surface area contributed by atoms with E-state index in [1.54, 1.807) is 0 Å². The summed E-state index contributed by atoms with van der Waals surface area (Å²) in [5, 5.41) is 0.0150. The Morgan fingerprint density at radius 1 is 1.60 bits per heavy atom. The molecule has 1 rings (SSSR count). The number of rotatable bonds is 2. The first kappa shape index (κ1) is 7.35. The Hall–Kier alpha value is -0.760. The van der Waals surface area contributed by atoms with Crippen LogP contribution in [0.25, 0.3) is 0 Å². The van der Waals surface area contributed by atoms with Crippen molar-refractivity contribution in [3.8, 4) is 0 Å². The van der Waals surface area contributed by atoms with Crippen molar-refractivity contribution in [2.75, 3.05) is 0 Å². The Bertz CT molecular complexity index is 208. The quantitative estimate of drug-likeness (QED) is 0.592. The molecule has 0 aliphatic rings. The van der Waals surface area contributed by atoms with E-state index in [2.05, 4.69) is 6.07 Å². The van der Waals surface area contributed by atoms with E-state index in [-0.39, 0.29) is 5.25 Å². The van der Waals surface area contributed by atoms with Gasteiger partial charge < -0.3 is 0 Å². The van der Waals surface area contributed by atoms with Crippen LogP contribution in [0.2, 0.25) is 0 Å². The highest BCUT2D eigenvalue weighted by Crippen LogP contribution is 2.11. The molecule has 10 heavy (non-hydrogen) atoms. The van der Waals surface area contributed by atoms with Gasteiger partial charge in [-0.05, 0) is 6.07 Å². The van der Waals surface area contributed by atoms with E-state index in [9.17, 15) is 4.21 Å². The summed E-state index contributed by atoms with van der Waals surface area (Å²) >= 11 is 0.597. The zero-order valence-electron chi connectivity index (χ0n) is 5.70. The molecule has 0 fully saturated rings. The van der Waals surface area contributed by atoms with Crippen molar-refractivity contribution in [1.82, 2.24) is 0 Å². The van der Waals surface area contributed by atoms with Gasteiger partial charge in [0.25, 0.3) is 5.25 Å². The minimum absolute atomic E-state index is 0.0150. The maximum Gasteiger partial charge on any atom is 0.466 e. The molecule has 0 heterocycles. The van der Waals surface area contributed by atoms with E-state index in [0.717, 1.165) is 5.56 Å². The molecule has 1 aromatic carbocycles. The molecule has 0 saturated heterocycles. The van der Waals surface area contributed by atoms with Crippen molar-refractivity contribution in [3.63, 3.8) is 0 Å². The zero-order chi connectivity index (χ0) is 7.40. The molecule has 2 heteroatoms. The molecule has 1 nitrogen and oxygen atoms in total. The monoisotopic (exact) mass is 152 g/mol. The third kappa shape index (κ3) is 1.61. The summed E-state index contributed by atoms with van der Waals surface area (Å²) in [5.74, 6) is 0. The van der Waals surface area contributed by atoms with Gasteiger partial charge in [-0.25, -0.2) is 0 Å². The average molecular weight is 152 g/mol. The van der Waals surface area contributed by atoms with Crippen LogP contribution < -0.4 is 0 Å². The first-order valence-electron chi connectivity index (χ1n) is 3.10. The SMILES string of the molecule is CC([S+]=O)c1[c]cccc1. The van der Waals surface area contributed by atoms with Crippen LogP contribution in [0.3, 0.4) is 0 Å². The van der Waals surface area contributed by atoms with E-state index in [0.29, 0.717) is 11.7 Å². The fourth-order valence-electron chi connectivity index (χ4n) is 0.712. The minimum Gasteiger partial charge on any atom is -0.0617 e. The number of hydrogen-bond acceptors (Lipinski definition) is 1. The summed E-state index contributed by atoms with van der Waals surface area (Å²) in [5.41, 5.74) is 0.975. The minimum atomic E-state index is 0.0150. The first-order valence-corrected chi connectivity index (χ1v) is 3.90. The summed E-state index contributed by atoms with van der Waals surface area (Å²) in [4.78, 5) is 0. The van der Waals surface area contributed by atoms with E-state index < -0.39 is 0 Å². The van der Waals surface area contributed by atoms with E-state index >= 15 is 0 Å². The van der Waals surface area contributed by atoms with Crippen molar-refractivity contribution in [2.24, 2.45) is 0 Å². The second kappa shape index (κ2) is 3.42. The van der Waals surface area contributed by atoms with Gasteiger partial charge in [0.2, 0.25) is 0 Å².